The minimum absolute atomic E-state index is 0.182. The predicted molar refractivity (Wildman–Crippen MR) is 123 cm³/mol. The second kappa shape index (κ2) is 13.5. The van der Waals surface area contributed by atoms with E-state index in [9.17, 15) is 14.4 Å². The number of ether oxygens (including phenoxy) is 3. The topological polar surface area (TPSA) is 78.9 Å². The second-order valence-electron chi connectivity index (χ2n) is 6.29. The van der Waals surface area contributed by atoms with Gasteiger partial charge in [0.05, 0.1) is 24.1 Å². The van der Waals surface area contributed by atoms with Crippen LogP contribution in [0.4, 0.5) is 0 Å². The van der Waals surface area contributed by atoms with Crippen molar-refractivity contribution < 1.29 is 28.6 Å². The van der Waals surface area contributed by atoms with Gasteiger partial charge in [0.1, 0.15) is 18.3 Å². The molecule has 3 atom stereocenters. The molecule has 0 radical (unpaired) electrons. The van der Waals surface area contributed by atoms with Gasteiger partial charge in [-0.2, -0.15) is 37.9 Å². The Labute approximate surface area is 192 Å². The molecule has 3 unspecified atom stereocenters. The average Bonchev–Trinajstić information content (AvgIpc) is 3.07. The third kappa shape index (κ3) is 8.43. The quantitative estimate of drug-likeness (QED) is 0.232. The number of hydrogen-bond acceptors (Lipinski definition) is 10. The number of carbonyl (C=O) groups is 3. The van der Waals surface area contributed by atoms with Crippen LogP contribution in [0.15, 0.2) is 5.38 Å². The van der Waals surface area contributed by atoms with Gasteiger partial charge in [-0.05, 0) is 26.2 Å². The molecule has 0 N–H and O–H groups in total. The second-order valence-corrected chi connectivity index (χ2v) is 8.54. The number of thiophene rings is 1. The van der Waals surface area contributed by atoms with Gasteiger partial charge in [-0.1, -0.05) is 0 Å². The standard InChI is InChI=1S/C19H28O6S4/c1-11(23-15(20)4-7-26)14-10-29-19(13(3)25-17(22)6-9-28)18(14)12(2)24-16(21)5-8-27/h10-13,26-28H,4-9H2,1-3H3. The molecule has 0 saturated carbocycles. The first-order chi connectivity index (χ1) is 13.7. The summed E-state index contributed by atoms with van der Waals surface area (Å²) in [6.45, 7) is 5.26. The van der Waals surface area contributed by atoms with Crippen molar-refractivity contribution in [2.45, 2.75) is 58.3 Å². The normalized spacial score (nSPS) is 14.0. The highest BCUT2D eigenvalue weighted by atomic mass is 32.1. The highest BCUT2D eigenvalue weighted by Crippen LogP contribution is 2.40. The van der Waals surface area contributed by atoms with E-state index in [1.165, 1.54) is 11.3 Å². The van der Waals surface area contributed by atoms with Crippen LogP contribution >= 0.6 is 49.2 Å². The van der Waals surface area contributed by atoms with Gasteiger partial charge in [0, 0.05) is 28.4 Å². The van der Waals surface area contributed by atoms with Crippen LogP contribution in [-0.2, 0) is 28.6 Å². The van der Waals surface area contributed by atoms with Crippen LogP contribution in [0.3, 0.4) is 0 Å². The van der Waals surface area contributed by atoms with Gasteiger partial charge < -0.3 is 14.2 Å². The third-order valence-corrected chi connectivity index (χ3v) is 5.82. The molecule has 1 heterocycles. The largest absolute Gasteiger partial charge is 0.458 e. The van der Waals surface area contributed by atoms with Crippen molar-refractivity contribution in [3.05, 3.63) is 21.4 Å². The summed E-state index contributed by atoms with van der Waals surface area (Å²) in [5, 5.41) is 1.84. The minimum Gasteiger partial charge on any atom is -0.458 e. The van der Waals surface area contributed by atoms with Crippen molar-refractivity contribution in [1.29, 1.82) is 0 Å². The fraction of sp³-hybridized carbons (Fsp3) is 0.632. The van der Waals surface area contributed by atoms with Gasteiger partial charge in [-0.3, -0.25) is 14.4 Å². The van der Waals surface area contributed by atoms with E-state index in [1.54, 1.807) is 20.8 Å². The Morgan fingerprint density at radius 3 is 1.66 bits per heavy atom. The Morgan fingerprint density at radius 1 is 0.793 bits per heavy atom. The van der Waals surface area contributed by atoms with Crippen LogP contribution in [0.5, 0.6) is 0 Å². The maximum atomic E-state index is 12.0. The SMILES string of the molecule is CC(OC(=O)CCS)c1csc(C(C)OC(=O)CCS)c1C(C)OC(=O)CCS. The lowest BCUT2D eigenvalue weighted by Gasteiger charge is -2.22. The molecule has 1 rings (SSSR count). The summed E-state index contributed by atoms with van der Waals surface area (Å²) in [6, 6.07) is 0. The molecule has 164 valence electrons. The fourth-order valence-electron chi connectivity index (χ4n) is 2.68. The van der Waals surface area contributed by atoms with Gasteiger partial charge in [0.2, 0.25) is 0 Å². The van der Waals surface area contributed by atoms with Crippen LogP contribution < -0.4 is 0 Å². The third-order valence-electron chi connectivity index (χ3n) is 3.98. The molecule has 0 bridgehead atoms. The Hall–Kier alpha value is -0.840. The Balaban J connectivity index is 3.17. The molecule has 0 fully saturated rings. The summed E-state index contributed by atoms with van der Waals surface area (Å²) in [7, 11) is 0. The first-order valence-electron chi connectivity index (χ1n) is 9.27. The number of thiol groups is 3. The smallest absolute Gasteiger partial charge is 0.307 e. The summed E-state index contributed by atoms with van der Waals surface area (Å²) >= 11 is 13.5. The van der Waals surface area contributed by atoms with E-state index in [0.717, 1.165) is 10.4 Å². The van der Waals surface area contributed by atoms with E-state index in [-0.39, 0.29) is 37.2 Å². The molecule has 0 aromatic carbocycles. The first-order valence-corrected chi connectivity index (χ1v) is 12.0. The van der Waals surface area contributed by atoms with E-state index in [2.05, 4.69) is 37.9 Å². The molecular formula is C19H28O6S4. The molecule has 0 spiro atoms. The predicted octanol–water partition coefficient (Wildman–Crippen LogP) is 4.52. The highest BCUT2D eigenvalue weighted by molar-refractivity contribution is 7.80. The van der Waals surface area contributed by atoms with E-state index in [4.69, 9.17) is 14.2 Å². The maximum Gasteiger partial charge on any atom is 0.307 e. The van der Waals surface area contributed by atoms with Crippen molar-refractivity contribution in [2.24, 2.45) is 0 Å². The molecule has 0 saturated heterocycles. The molecule has 29 heavy (non-hydrogen) atoms. The summed E-state index contributed by atoms with van der Waals surface area (Å²) < 4.78 is 16.5. The molecule has 0 aliphatic rings. The van der Waals surface area contributed by atoms with E-state index in [1.807, 2.05) is 5.38 Å². The minimum atomic E-state index is -0.601. The zero-order chi connectivity index (χ0) is 22.0. The Morgan fingerprint density at radius 2 is 1.21 bits per heavy atom. The van der Waals surface area contributed by atoms with E-state index in [0.29, 0.717) is 22.8 Å². The summed E-state index contributed by atoms with van der Waals surface area (Å²) in [5.41, 5.74) is 1.42. The summed E-state index contributed by atoms with van der Waals surface area (Å²) in [5.74, 6) is 0.0629. The van der Waals surface area contributed by atoms with Gasteiger partial charge in [0.15, 0.2) is 0 Å². The van der Waals surface area contributed by atoms with Gasteiger partial charge in [-0.15, -0.1) is 11.3 Å². The first kappa shape index (κ1) is 26.2. The molecule has 1 aromatic rings. The van der Waals surface area contributed by atoms with Crippen molar-refractivity contribution in [2.75, 3.05) is 17.3 Å². The van der Waals surface area contributed by atoms with Crippen molar-refractivity contribution in [3.8, 4) is 0 Å². The van der Waals surface area contributed by atoms with Crippen LogP contribution in [0.2, 0.25) is 0 Å². The van der Waals surface area contributed by atoms with Crippen LogP contribution in [0.25, 0.3) is 0 Å². The van der Waals surface area contributed by atoms with E-state index >= 15 is 0 Å². The van der Waals surface area contributed by atoms with Gasteiger partial charge in [-0.25, -0.2) is 0 Å². The lowest BCUT2D eigenvalue weighted by molar-refractivity contribution is -0.150. The summed E-state index contributed by atoms with van der Waals surface area (Å²) in [4.78, 5) is 36.5. The fourth-order valence-corrected chi connectivity index (χ4v) is 4.45. The number of hydrogen-bond donors (Lipinski definition) is 3. The zero-order valence-corrected chi connectivity index (χ0v) is 20.3. The number of rotatable bonds is 12. The number of carbonyl (C=O) groups excluding carboxylic acids is 3. The van der Waals surface area contributed by atoms with Crippen molar-refractivity contribution in [3.63, 3.8) is 0 Å². The Kier molecular flexibility index (Phi) is 12.2. The van der Waals surface area contributed by atoms with Crippen molar-refractivity contribution >= 4 is 67.1 Å². The van der Waals surface area contributed by atoms with Crippen LogP contribution in [0, 0.1) is 0 Å². The monoisotopic (exact) mass is 480 g/mol. The zero-order valence-electron chi connectivity index (χ0n) is 16.8. The van der Waals surface area contributed by atoms with Crippen LogP contribution in [-0.4, -0.2) is 35.2 Å². The molecular weight excluding hydrogens is 452 g/mol. The Bertz CT molecular complexity index is 647. The van der Waals surface area contributed by atoms with E-state index < -0.39 is 18.3 Å². The molecule has 0 aliphatic heterocycles. The lowest BCUT2D eigenvalue weighted by atomic mass is 10.0. The maximum absolute atomic E-state index is 12.0. The van der Waals surface area contributed by atoms with Crippen molar-refractivity contribution in [1.82, 2.24) is 0 Å². The highest BCUT2D eigenvalue weighted by Gasteiger charge is 2.29. The average molecular weight is 481 g/mol. The lowest BCUT2D eigenvalue weighted by Crippen LogP contribution is -2.16. The number of esters is 3. The molecule has 1 aromatic heterocycles. The summed E-state index contributed by atoms with van der Waals surface area (Å²) in [6.07, 6.45) is -1.11. The molecule has 0 aliphatic carbocycles. The van der Waals surface area contributed by atoms with Gasteiger partial charge in [0.25, 0.3) is 0 Å². The molecule has 6 nitrogen and oxygen atoms in total. The molecule has 10 heteroatoms. The van der Waals surface area contributed by atoms with Gasteiger partial charge >= 0.3 is 17.9 Å². The van der Waals surface area contributed by atoms with Crippen LogP contribution in [0.1, 0.15) is 74.3 Å². The molecule has 0 amide bonds.